The lowest BCUT2D eigenvalue weighted by Crippen LogP contribution is -2.39. The van der Waals surface area contributed by atoms with Crippen molar-refractivity contribution in [3.8, 4) is 5.75 Å². The van der Waals surface area contributed by atoms with Crippen LogP contribution in [0, 0.1) is 12.7 Å². The molecule has 3 heterocycles. The van der Waals surface area contributed by atoms with Crippen molar-refractivity contribution >= 4 is 11.7 Å². The Morgan fingerprint density at radius 3 is 3.04 bits per heavy atom. The molecule has 7 nitrogen and oxygen atoms in total. The van der Waals surface area contributed by atoms with Crippen molar-refractivity contribution in [1.82, 2.24) is 15.1 Å². The number of amides is 1. The van der Waals surface area contributed by atoms with E-state index in [1.54, 1.807) is 12.1 Å². The quantitative estimate of drug-likeness (QED) is 0.712. The molecule has 0 unspecified atom stereocenters. The van der Waals surface area contributed by atoms with E-state index in [0.29, 0.717) is 31.1 Å². The van der Waals surface area contributed by atoms with E-state index in [2.05, 4.69) is 15.7 Å². The largest absolute Gasteiger partial charge is 0.494 e. The van der Waals surface area contributed by atoms with E-state index in [0.717, 1.165) is 25.1 Å². The Balaban J connectivity index is 1.24. The number of hydrogen-bond donors (Lipinski definition) is 2. The fraction of sp³-hybridized carbons (Fsp3) is 0.500. The monoisotopic (exact) mass is 388 g/mol. The molecule has 3 atom stereocenters. The molecule has 0 saturated carbocycles. The van der Waals surface area contributed by atoms with Crippen molar-refractivity contribution in [3.63, 3.8) is 0 Å². The molecular weight excluding hydrogens is 363 g/mol. The topological polar surface area (TPSA) is 77.4 Å². The zero-order chi connectivity index (χ0) is 19.5. The molecule has 150 valence electrons. The summed E-state index contributed by atoms with van der Waals surface area (Å²) in [5.41, 5.74) is 0.969. The van der Waals surface area contributed by atoms with Gasteiger partial charge in [-0.05, 0) is 44.0 Å². The fourth-order valence-corrected chi connectivity index (χ4v) is 3.76. The molecule has 2 saturated heterocycles. The van der Waals surface area contributed by atoms with Crippen LogP contribution in [0.1, 0.15) is 25.0 Å². The zero-order valence-electron chi connectivity index (χ0n) is 15.9. The normalized spacial score (nSPS) is 23.6. The van der Waals surface area contributed by atoms with Crippen LogP contribution in [0.4, 0.5) is 10.2 Å². The maximum absolute atomic E-state index is 12.9. The summed E-state index contributed by atoms with van der Waals surface area (Å²) in [5.74, 6) is 0.853. The van der Waals surface area contributed by atoms with Crippen LogP contribution >= 0.6 is 0 Å². The van der Waals surface area contributed by atoms with Crippen LogP contribution in [0.2, 0.25) is 0 Å². The van der Waals surface area contributed by atoms with Gasteiger partial charge in [-0.15, -0.1) is 0 Å². The van der Waals surface area contributed by atoms with Crippen LogP contribution in [0.25, 0.3) is 0 Å². The molecule has 2 aliphatic heterocycles. The van der Waals surface area contributed by atoms with E-state index in [1.165, 1.54) is 12.1 Å². The lowest BCUT2D eigenvalue weighted by atomic mass is 10.1. The number of aryl methyl sites for hydroxylation is 2. The highest BCUT2D eigenvalue weighted by Gasteiger charge is 2.40. The van der Waals surface area contributed by atoms with Crippen LogP contribution in [0.5, 0.6) is 5.75 Å². The number of ether oxygens (including phenoxy) is 2. The molecule has 2 aromatic rings. The van der Waals surface area contributed by atoms with Gasteiger partial charge in [-0.3, -0.25) is 9.48 Å². The first kappa shape index (κ1) is 18.9. The molecule has 2 N–H and O–H groups in total. The van der Waals surface area contributed by atoms with Crippen molar-refractivity contribution in [3.05, 3.63) is 41.8 Å². The van der Waals surface area contributed by atoms with Crippen LogP contribution in [0.15, 0.2) is 30.3 Å². The van der Waals surface area contributed by atoms with Gasteiger partial charge in [-0.2, -0.15) is 5.10 Å². The van der Waals surface area contributed by atoms with E-state index in [1.807, 2.05) is 17.7 Å². The predicted octanol–water partition coefficient (Wildman–Crippen LogP) is 2.26. The van der Waals surface area contributed by atoms with Gasteiger partial charge < -0.3 is 20.1 Å². The van der Waals surface area contributed by atoms with Gasteiger partial charge in [0.15, 0.2) is 5.82 Å². The number of carbonyl (C=O) groups excluding carboxylic acids is 1. The van der Waals surface area contributed by atoms with E-state index >= 15 is 0 Å². The van der Waals surface area contributed by atoms with Gasteiger partial charge in [0, 0.05) is 37.4 Å². The minimum atomic E-state index is -0.280. The van der Waals surface area contributed by atoms with Gasteiger partial charge in [-0.25, -0.2) is 4.39 Å². The molecule has 8 heteroatoms. The standard InChI is InChI=1S/C20H25FN4O3/c1-13-11-19(23-20(26)17-12-18-16(22-17)7-10-28-18)24-25(13)8-2-9-27-15-5-3-14(21)4-6-15/h3-6,11,16-18,22H,2,7-10,12H2,1H3,(H,23,24,26)/t16-,17-,18-/m0/s1. The second-order valence-corrected chi connectivity index (χ2v) is 7.30. The fourth-order valence-electron chi connectivity index (χ4n) is 3.76. The second kappa shape index (κ2) is 8.28. The first-order chi connectivity index (χ1) is 13.6. The average molecular weight is 388 g/mol. The molecule has 2 fully saturated rings. The Labute approximate surface area is 163 Å². The predicted molar refractivity (Wildman–Crippen MR) is 102 cm³/mol. The molecule has 4 rings (SSSR count). The Morgan fingerprint density at radius 2 is 2.25 bits per heavy atom. The van der Waals surface area contributed by atoms with Crippen molar-refractivity contribution < 1.29 is 18.7 Å². The number of nitrogens with zero attached hydrogens (tertiary/aromatic N) is 2. The summed E-state index contributed by atoms with van der Waals surface area (Å²) < 4.78 is 26.0. The summed E-state index contributed by atoms with van der Waals surface area (Å²) in [6.45, 7) is 3.89. The molecule has 0 spiro atoms. The van der Waals surface area contributed by atoms with Crippen LogP contribution in [-0.2, 0) is 16.1 Å². The van der Waals surface area contributed by atoms with E-state index in [4.69, 9.17) is 9.47 Å². The zero-order valence-corrected chi connectivity index (χ0v) is 15.9. The second-order valence-electron chi connectivity index (χ2n) is 7.30. The maximum Gasteiger partial charge on any atom is 0.242 e. The number of nitrogens with one attached hydrogen (secondary N) is 2. The highest BCUT2D eigenvalue weighted by atomic mass is 19.1. The van der Waals surface area contributed by atoms with Gasteiger partial charge in [0.05, 0.1) is 18.8 Å². The first-order valence-electron chi connectivity index (χ1n) is 9.70. The number of hydrogen-bond acceptors (Lipinski definition) is 5. The SMILES string of the molecule is Cc1cc(NC(=O)[C@@H]2C[C@@H]3OCC[C@@H]3N2)nn1CCCOc1ccc(F)cc1. The lowest BCUT2D eigenvalue weighted by Gasteiger charge is -2.11. The summed E-state index contributed by atoms with van der Waals surface area (Å²) in [7, 11) is 0. The highest BCUT2D eigenvalue weighted by molar-refractivity contribution is 5.94. The molecule has 0 radical (unpaired) electrons. The molecular formula is C20H25FN4O3. The van der Waals surface area contributed by atoms with Crippen LogP contribution < -0.4 is 15.4 Å². The number of halogens is 1. The summed E-state index contributed by atoms with van der Waals surface area (Å²) in [5, 5.41) is 10.7. The smallest absolute Gasteiger partial charge is 0.242 e. The highest BCUT2D eigenvalue weighted by Crippen LogP contribution is 2.25. The van der Waals surface area contributed by atoms with Gasteiger partial charge in [0.2, 0.25) is 5.91 Å². The van der Waals surface area contributed by atoms with Crippen molar-refractivity contribution in [2.75, 3.05) is 18.5 Å². The lowest BCUT2D eigenvalue weighted by molar-refractivity contribution is -0.118. The van der Waals surface area contributed by atoms with E-state index < -0.39 is 0 Å². The van der Waals surface area contributed by atoms with Crippen molar-refractivity contribution in [2.24, 2.45) is 0 Å². The first-order valence-corrected chi connectivity index (χ1v) is 9.70. The third-order valence-electron chi connectivity index (χ3n) is 5.24. The number of anilines is 1. The van der Waals surface area contributed by atoms with Crippen LogP contribution in [0.3, 0.4) is 0 Å². The molecule has 1 aromatic carbocycles. The van der Waals surface area contributed by atoms with Gasteiger partial charge in [0.25, 0.3) is 0 Å². The molecule has 2 aliphatic rings. The summed E-state index contributed by atoms with van der Waals surface area (Å²) in [6, 6.07) is 7.89. The van der Waals surface area contributed by atoms with Crippen LogP contribution in [-0.4, -0.2) is 47.1 Å². The maximum atomic E-state index is 12.9. The summed E-state index contributed by atoms with van der Waals surface area (Å²) in [4.78, 5) is 12.5. The van der Waals surface area contributed by atoms with Gasteiger partial charge in [0.1, 0.15) is 11.6 Å². The number of fused-ring (bicyclic) bond motifs is 1. The molecule has 0 bridgehead atoms. The van der Waals surface area contributed by atoms with Crippen molar-refractivity contribution in [1.29, 1.82) is 0 Å². The van der Waals surface area contributed by atoms with Gasteiger partial charge in [-0.1, -0.05) is 0 Å². The number of aromatic nitrogens is 2. The third-order valence-corrected chi connectivity index (χ3v) is 5.24. The molecule has 28 heavy (non-hydrogen) atoms. The number of rotatable bonds is 7. The Hall–Kier alpha value is -2.45. The Kier molecular flexibility index (Phi) is 5.59. The van der Waals surface area contributed by atoms with E-state index in [-0.39, 0.29) is 29.9 Å². The van der Waals surface area contributed by atoms with Crippen molar-refractivity contribution in [2.45, 2.75) is 50.9 Å². The summed E-state index contributed by atoms with van der Waals surface area (Å²) in [6.07, 6.45) is 2.56. The summed E-state index contributed by atoms with van der Waals surface area (Å²) >= 11 is 0. The molecule has 1 aromatic heterocycles. The minimum Gasteiger partial charge on any atom is -0.494 e. The number of carbonyl (C=O) groups is 1. The Bertz CT molecular complexity index is 811. The molecule has 0 aliphatic carbocycles. The average Bonchev–Trinajstić information content (AvgIpc) is 3.35. The van der Waals surface area contributed by atoms with E-state index in [9.17, 15) is 9.18 Å². The number of benzene rings is 1. The Morgan fingerprint density at radius 1 is 1.43 bits per heavy atom. The minimum absolute atomic E-state index is 0.0673. The van der Waals surface area contributed by atoms with Gasteiger partial charge >= 0.3 is 0 Å². The molecule has 1 amide bonds. The third kappa shape index (κ3) is 4.34.